The lowest BCUT2D eigenvalue weighted by molar-refractivity contribution is -0.136. The van der Waals surface area contributed by atoms with E-state index in [0.717, 1.165) is 22.5 Å². The Morgan fingerprint density at radius 1 is 1.20 bits per heavy atom. The average Bonchev–Trinajstić information content (AvgIpc) is 3.75. The maximum Gasteiger partial charge on any atom is 0.338 e. The number of aryl methyl sites for hydroxylation is 1. The monoisotopic (exact) mass is 634 g/mol. The summed E-state index contributed by atoms with van der Waals surface area (Å²) in [5, 5.41) is 5.97. The number of halogens is 2. The van der Waals surface area contributed by atoms with Gasteiger partial charge in [0.2, 0.25) is 0 Å². The molecule has 5 heterocycles. The van der Waals surface area contributed by atoms with Crippen LogP contribution in [0.15, 0.2) is 64.2 Å². The number of hydrogen-bond donors (Lipinski definition) is 2. The number of methoxy groups -OCH3 is 1. The predicted molar refractivity (Wildman–Crippen MR) is 165 cm³/mol. The highest BCUT2D eigenvalue weighted by atomic mass is 35.5. The Labute approximate surface area is 261 Å². The fourth-order valence-electron chi connectivity index (χ4n) is 6.11. The maximum absolute atomic E-state index is 14.0. The number of piperazine rings is 1. The van der Waals surface area contributed by atoms with Gasteiger partial charge in [-0.1, -0.05) is 17.7 Å². The quantitative estimate of drug-likeness (QED) is 0.304. The largest absolute Gasteiger partial charge is 0.466 e. The fraction of sp³-hybridized carbons (Fsp3) is 0.300. The summed E-state index contributed by atoms with van der Waals surface area (Å²) in [4.78, 5) is 49.6. The smallest absolute Gasteiger partial charge is 0.338 e. The number of nitrogens with one attached hydrogen (secondary N) is 2. The van der Waals surface area contributed by atoms with Crippen LogP contribution in [0.1, 0.15) is 22.4 Å². The number of carbonyl (C=O) groups excluding carboxylic acids is 2. The molecular weight excluding hydrogens is 607 g/mol. The summed E-state index contributed by atoms with van der Waals surface area (Å²) in [6.07, 6.45) is 1.68. The molecule has 0 aliphatic carbocycles. The minimum atomic E-state index is -0.837. The molecule has 2 atom stereocenters. The summed E-state index contributed by atoms with van der Waals surface area (Å²) in [6, 6.07) is 8.95. The Balaban J connectivity index is 1.18. The number of hydrogen-bond acceptors (Lipinski definition) is 9. The van der Waals surface area contributed by atoms with Gasteiger partial charge in [0.25, 0.3) is 0 Å². The molecule has 226 valence electrons. The van der Waals surface area contributed by atoms with Gasteiger partial charge < -0.3 is 19.9 Å². The third kappa shape index (κ3) is 5.10. The first-order valence-corrected chi connectivity index (χ1v) is 15.3. The van der Waals surface area contributed by atoms with Crippen LogP contribution in [0.3, 0.4) is 0 Å². The van der Waals surface area contributed by atoms with E-state index in [4.69, 9.17) is 21.3 Å². The van der Waals surface area contributed by atoms with Crippen molar-refractivity contribution in [3.63, 3.8) is 0 Å². The van der Waals surface area contributed by atoms with Gasteiger partial charge >= 0.3 is 12.0 Å². The van der Waals surface area contributed by atoms with E-state index in [9.17, 15) is 14.0 Å². The SMILES string of the molecule is COC(=O)C1=C(CN2CCN3C(=O)N(c4ccc5[nH]c(C)nc5c4)C[C@@H]3C2)NC(c2nccs2)=NC1c1ccc(F)cc1Cl. The number of anilines is 1. The zero-order valence-electron chi connectivity index (χ0n) is 23.9. The highest BCUT2D eigenvalue weighted by Crippen LogP contribution is 2.37. The van der Waals surface area contributed by atoms with Crippen LogP contribution in [0, 0.1) is 12.7 Å². The van der Waals surface area contributed by atoms with E-state index < -0.39 is 17.8 Å². The molecule has 1 unspecified atom stereocenters. The van der Waals surface area contributed by atoms with Crippen LogP contribution >= 0.6 is 22.9 Å². The number of fused-ring (bicyclic) bond motifs is 2. The van der Waals surface area contributed by atoms with Crippen molar-refractivity contribution in [1.29, 1.82) is 0 Å². The molecule has 3 aliphatic heterocycles. The number of thiazole rings is 1. The number of aliphatic imine (C=N–C) groups is 1. The van der Waals surface area contributed by atoms with Crippen molar-refractivity contribution in [3.8, 4) is 0 Å². The number of aromatic amines is 1. The van der Waals surface area contributed by atoms with Crippen LogP contribution in [0.5, 0.6) is 0 Å². The zero-order chi connectivity index (χ0) is 30.5. The van der Waals surface area contributed by atoms with E-state index in [1.165, 1.54) is 36.6 Å². The van der Waals surface area contributed by atoms with Crippen molar-refractivity contribution >= 4 is 57.5 Å². The van der Waals surface area contributed by atoms with Crippen molar-refractivity contribution in [2.45, 2.75) is 19.0 Å². The van der Waals surface area contributed by atoms with Crippen molar-refractivity contribution in [2.75, 3.05) is 44.7 Å². The number of rotatable bonds is 6. The Morgan fingerprint density at radius 2 is 2.07 bits per heavy atom. The van der Waals surface area contributed by atoms with E-state index in [1.54, 1.807) is 11.1 Å². The summed E-state index contributed by atoms with van der Waals surface area (Å²) in [6.45, 7) is 4.52. The Bertz CT molecular complexity index is 1840. The maximum atomic E-state index is 14.0. The number of nitrogens with zero attached hydrogens (tertiary/aromatic N) is 6. The van der Waals surface area contributed by atoms with Crippen LogP contribution in [0.4, 0.5) is 14.9 Å². The molecule has 2 N–H and O–H groups in total. The van der Waals surface area contributed by atoms with E-state index >= 15 is 0 Å². The number of benzene rings is 2. The molecule has 7 rings (SSSR count). The highest BCUT2D eigenvalue weighted by Gasteiger charge is 2.42. The van der Waals surface area contributed by atoms with Gasteiger partial charge in [-0.2, -0.15) is 0 Å². The lowest BCUT2D eigenvalue weighted by atomic mass is 9.95. The summed E-state index contributed by atoms with van der Waals surface area (Å²) in [5.41, 5.74) is 3.91. The molecule has 2 aromatic heterocycles. The fourth-order valence-corrected chi connectivity index (χ4v) is 6.97. The molecule has 0 bridgehead atoms. The summed E-state index contributed by atoms with van der Waals surface area (Å²) in [7, 11) is 1.31. The number of ether oxygens (including phenoxy) is 1. The normalized spacial score (nSPS) is 20.6. The van der Waals surface area contributed by atoms with Crippen LogP contribution in [-0.2, 0) is 9.53 Å². The zero-order valence-corrected chi connectivity index (χ0v) is 25.5. The first kappa shape index (κ1) is 28.4. The molecule has 2 amide bonds. The third-order valence-corrected chi connectivity index (χ3v) is 9.25. The molecule has 11 nitrogen and oxygen atoms in total. The number of imidazole rings is 1. The van der Waals surface area contributed by atoms with Crippen molar-refractivity contribution in [2.24, 2.45) is 4.99 Å². The van der Waals surface area contributed by atoms with Crippen LogP contribution in [0.25, 0.3) is 11.0 Å². The summed E-state index contributed by atoms with van der Waals surface area (Å²) in [5.74, 6) is 0.252. The Morgan fingerprint density at radius 3 is 2.84 bits per heavy atom. The minimum Gasteiger partial charge on any atom is -0.466 e. The van der Waals surface area contributed by atoms with Crippen molar-refractivity contribution in [3.05, 3.63) is 86.5 Å². The molecule has 2 saturated heterocycles. The Kier molecular flexibility index (Phi) is 7.31. The number of amidine groups is 1. The molecular formula is C30H28ClFN8O3S. The van der Waals surface area contributed by atoms with Crippen LogP contribution in [-0.4, -0.2) is 88.5 Å². The molecule has 0 saturated carbocycles. The number of aromatic nitrogens is 3. The van der Waals surface area contributed by atoms with Crippen LogP contribution < -0.4 is 10.2 Å². The molecule has 0 radical (unpaired) electrons. The molecule has 0 spiro atoms. The average molecular weight is 635 g/mol. The Hall–Kier alpha value is -4.33. The van der Waals surface area contributed by atoms with Gasteiger partial charge in [-0.25, -0.2) is 23.9 Å². The highest BCUT2D eigenvalue weighted by molar-refractivity contribution is 7.11. The topological polar surface area (TPSA) is 119 Å². The lowest BCUT2D eigenvalue weighted by Gasteiger charge is -2.38. The van der Waals surface area contributed by atoms with E-state index in [1.807, 2.05) is 35.4 Å². The molecule has 2 aromatic carbocycles. The van der Waals surface area contributed by atoms with Gasteiger partial charge in [-0.15, -0.1) is 11.3 Å². The summed E-state index contributed by atoms with van der Waals surface area (Å²) >= 11 is 7.89. The molecule has 4 aromatic rings. The second-order valence-electron chi connectivity index (χ2n) is 10.9. The standard InChI is InChI=1S/C30H28ClFN8O3S/c1-16-34-22-6-4-18(12-23(22)35-16)40-14-19-13-38(8-9-39(19)30(40)42)15-24-25(29(41)43-2)26(20-5-3-17(32)11-21(20)31)37-27(36-24)28-33-7-10-44-28/h3-7,10-12,19,26H,8-9,13-15H2,1-2H3,(H,34,35)(H,36,37)/t19-,26?/m0/s1. The lowest BCUT2D eigenvalue weighted by Crippen LogP contribution is -2.53. The van der Waals surface area contributed by atoms with Gasteiger partial charge in [0.05, 0.1) is 29.8 Å². The van der Waals surface area contributed by atoms with Gasteiger partial charge in [-0.3, -0.25) is 14.8 Å². The second kappa shape index (κ2) is 11.3. The second-order valence-corrected chi connectivity index (χ2v) is 12.2. The number of H-pyrrole nitrogens is 1. The third-order valence-electron chi connectivity index (χ3n) is 8.14. The van der Waals surface area contributed by atoms with E-state index in [0.29, 0.717) is 54.8 Å². The van der Waals surface area contributed by atoms with Crippen molar-refractivity contribution < 1.29 is 18.7 Å². The van der Waals surface area contributed by atoms with Crippen molar-refractivity contribution in [1.82, 2.24) is 30.1 Å². The van der Waals surface area contributed by atoms with E-state index in [-0.39, 0.29) is 22.7 Å². The first-order chi connectivity index (χ1) is 21.3. The molecule has 14 heteroatoms. The van der Waals surface area contributed by atoms with Gasteiger partial charge in [0.15, 0.2) is 10.8 Å². The molecule has 2 fully saturated rings. The number of carbonyl (C=O) groups is 2. The molecule has 3 aliphatic rings. The number of esters is 1. The number of urea groups is 1. The van der Waals surface area contributed by atoms with E-state index in [2.05, 4.69) is 25.2 Å². The molecule has 44 heavy (non-hydrogen) atoms. The van der Waals surface area contributed by atoms with Gasteiger partial charge in [-0.05, 0) is 37.3 Å². The first-order valence-electron chi connectivity index (χ1n) is 14.1. The minimum absolute atomic E-state index is 0.0317. The van der Waals surface area contributed by atoms with Gasteiger partial charge in [0, 0.05) is 66.3 Å². The van der Waals surface area contributed by atoms with Gasteiger partial charge in [0.1, 0.15) is 17.7 Å². The summed E-state index contributed by atoms with van der Waals surface area (Å²) < 4.78 is 19.2. The van der Waals surface area contributed by atoms with Crippen LogP contribution in [0.2, 0.25) is 5.02 Å². The predicted octanol–water partition coefficient (Wildman–Crippen LogP) is 4.26. The number of amides is 2.